The lowest BCUT2D eigenvalue weighted by molar-refractivity contribution is 0.0723. The molecular formula is C17H19ClN2O7S. The number of nitrogens with zero attached hydrogens (tertiary/aromatic N) is 1. The monoisotopic (exact) mass is 430 g/mol. The third-order valence-corrected chi connectivity index (χ3v) is 6.16. The number of halogens is 1. The third-order valence-electron chi connectivity index (χ3n) is 4.09. The number of rotatable bonds is 6. The predicted octanol–water partition coefficient (Wildman–Crippen LogP) is 2.22. The molecule has 0 atom stereocenters. The number of carbonyl (C=O) groups excluding carboxylic acids is 1. The molecule has 9 nitrogen and oxygen atoms in total. The van der Waals surface area contributed by atoms with Gasteiger partial charge in [0.15, 0.2) is 5.76 Å². The van der Waals surface area contributed by atoms with Crippen molar-refractivity contribution >= 4 is 33.2 Å². The fourth-order valence-electron chi connectivity index (χ4n) is 2.64. The first-order valence-electron chi connectivity index (χ1n) is 8.27. The van der Waals surface area contributed by atoms with E-state index in [2.05, 4.69) is 5.32 Å². The number of amides is 1. The van der Waals surface area contributed by atoms with Crippen molar-refractivity contribution in [3.8, 4) is 11.5 Å². The molecule has 1 amide bonds. The second kappa shape index (κ2) is 8.39. The second-order valence-corrected chi connectivity index (χ2v) is 8.05. The molecule has 1 saturated heterocycles. The molecule has 0 radical (unpaired) electrons. The Balaban J connectivity index is 1.81. The molecule has 152 valence electrons. The number of morpholine rings is 1. The molecule has 0 unspecified atom stereocenters. The molecule has 2 aromatic rings. The van der Waals surface area contributed by atoms with Crippen molar-refractivity contribution in [2.24, 2.45) is 0 Å². The zero-order valence-corrected chi connectivity index (χ0v) is 16.8. The number of hydrogen-bond donors (Lipinski definition) is 1. The van der Waals surface area contributed by atoms with Crippen LogP contribution in [0.2, 0.25) is 5.02 Å². The Morgan fingerprint density at radius 2 is 1.82 bits per heavy atom. The Labute approximate surface area is 167 Å². The van der Waals surface area contributed by atoms with E-state index in [0.29, 0.717) is 35.4 Å². The fourth-order valence-corrected chi connectivity index (χ4v) is 4.19. The summed E-state index contributed by atoms with van der Waals surface area (Å²) < 4.78 is 47.2. The summed E-state index contributed by atoms with van der Waals surface area (Å²) in [6.07, 6.45) is 0. The van der Waals surface area contributed by atoms with Crippen molar-refractivity contribution in [3.05, 3.63) is 35.0 Å². The molecule has 1 N–H and O–H groups in total. The quantitative estimate of drug-likeness (QED) is 0.748. The van der Waals surface area contributed by atoms with E-state index in [1.807, 2.05) is 0 Å². The van der Waals surface area contributed by atoms with Gasteiger partial charge in [0.25, 0.3) is 15.9 Å². The molecule has 11 heteroatoms. The largest absolute Gasteiger partial charge is 0.495 e. The topological polar surface area (TPSA) is 107 Å². The van der Waals surface area contributed by atoms with Crippen LogP contribution in [0.3, 0.4) is 0 Å². The Kier molecular flexibility index (Phi) is 6.14. The maximum absolute atomic E-state index is 12.6. The van der Waals surface area contributed by atoms with E-state index < -0.39 is 15.9 Å². The highest BCUT2D eigenvalue weighted by Crippen LogP contribution is 2.36. The lowest BCUT2D eigenvalue weighted by Crippen LogP contribution is -2.40. The van der Waals surface area contributed by atoms with Crippen LogP contribution in [-0.4, -0.2) is 59.2 Å². The van der Waals surface area contributed by atoms with E-state index in [9.17, 15) is 13.2 Å². The van der Waals surface area contributed by atoms with Gasteiger partial charge in [-0.2, -0.15) is 4.31 Å². The van der Waals surface area contributed by atoms with Crippen molar-refractivity contribution in [2.45, 2.75) is 5.09 Å². The molecule has 0 spiro atoms. The summed E-state index contributed by atoms with van der Waals surface area (Å²) in [5, 5.41) is 2.61. The number of anilines is 1. The normalized spacial score (nSPS) is 15.2. The lowest BCUT2D eigenvalue weighted by Gasteiger charge is -2.24. The van der Waals surface area contributed by atoms with Crippen molar-refractivity contribution in [1.29, 1.82) is 0 Å². The van der Waals surface area contributed by atoms with Gasteiger partial charge >= 0.3 is 0 Å². The fraction of sp³-hybridized carbons (Fsp3) is 0.353. The number of furan rings is 1. The molecule has 1 fully saturated rings. The smallest absolute Gasteiger partial charge is 0.291 e. The average Bonchev–Trinajstić information content (AvgIpc) is 3.21. The van der Waals surface area contributed by atoms with Gasteiger partial charge in [0.05, 0.1) is 38.1 Å². The van der Waals surface area contributed by atoms with Crippen molar-refractivity contribution in [3.63, 3.8) is 0 Å². The van der Waals surface area contributed by atoms with Crippen molar-refractivity contribution in [1.82, 2.24) is 4.31 Å². The Hall–Kier alpha value is -2.27. The van der Waals surface area contributed by atoms with Crippen molar-refractivity contribution in [2.75, 3.05) is 45.8 Å². The van der Waals surface area contributed by atoms with Gasteiger partial charge < -0.3 is 23.9 Å². The Morgan fingerprint density at radius 3 is 2.46 bits per heavy atom. The van der Waals surface area contributed by atoms with E-state index in [1.54, 1.807) is 0 Å². The predicted molar refractivity (Wildman–Crippen MR) is 101 cm³/mol. The zero-order chi connectivity index (χ0) is 20.3. The summed E-state index contributed by atoms with van der Waals surface area (Å²) in [4.78, 5) is 12.5. The van der Waals surface area contributed by atoms with Gasteiger partial charge in [0.2, 0.25) is 5.09 Å². The minimum Gasteiger partial charge on any atom is -0.495 e. The number of nitrogens with one attached hydrogen (secondary N) is 1. The van der Waals surface area contributed by atoms with Crippen molar-refractivity contribution < 1.29 is 31.8 Å². The first-order valence-corrected chi connectivity index (χ1v) is 10.1. The van der Waals surface area contributed by atoms with Crippen LogP contribution >= 0.6 is 11.6 Å². The first kappa shape index (κ1) is 20.5. The number of methoxy groups -OCH3 is 2. The molecule has 1 aliphatic rings. The van der Waals surface area contributed by atoms with Gasteiger partial charge in [-0.1, -0.05) is 11.6 Å². The van der Waals surface area contributed by atoms with Crippen LogP contribution in [0, 0.1) is 0 Å². The highest BCUT2D eigenvalue weighted by Gasteiger charge is 2.30. The Bertz CT molecular complexity index is 968. The van der Waals surface area contributed by atoms with Gasteiger partial charge in [-0.05, 0) is 12.1 Å². The second-order valence-electron chi connectivity index (χ2n) is 5.78. The molecule has 1 aliphatic heterocycles. The van der Waals surface area contributed by atoms with Gasteiger partial charge in [0.1, 0.15) is 11.5 Å². The lowest BCUT2D eigenvalue weighted by atomic mass is 10.2. The number of sulfonamides is 1. The standard InChI is InChI=1S/C17H19ClN2O7S/c1-24-14-10-12(15(25-2)9-11(14)18)19-17(21)13-3-4-16(27-13)28(22,23)20-5-7-26-8-6-20/h3-4,9-10H,5-8H2,1-2H3,(H,19,21). The Morgan fingerprint density at radius 1 is 1.14 bits per heavy atom. The summed E-state index contributed by atoms with van der Waals surface area (Å²) >= 11 is 6.04. The zero-order valence-electron chi connectivity index (χ0n) is 15.2. The molecule has 1 aromatic carbocycles. The van der Waals surface area contributed by atoms with Crippen LogP contribution in [0.25, 0.3) is 0 Å². The van der Waals surface area contributed by atoms with Crippen LogP contribution in [0.4, 0.5) is 5.69 Å². The summed E-state index contributed by atoms with van der Waals surface area (Å²) in [5.41, 5.74) is 0.294. The first-order chi connectivity index (χ1) is 13.4. The summed E-state index contributed by atoms with van der Waals surface area (Å²) in [6, 6.07) is 5.53. The highest BCUT2D eigenvalue weighted by atomic mass is 35.5. The van der Waals surface area contributed by atoms with Crippen LogP contribution in [0.1, 0.15) is 10.6 Å². The number of carbonyl (C=O) groups is 1. The summed E-state index contributed by atoms with van der Waals surface area (Å²) in [7, 11) is -0.969. The van der Waals surface area contributed by atoms with Gasteiger partial charge in [-0.3, -0.25) is 4.79 Å². The van der Waals surface area contributed by atoms with Crippen LogP contribution in [-0.2, 0) is 14.8 Å². The molecule has 0 bridgehead atoms. The average molecular weight is 431 g/mol. The number of benzene rings is 1. The van der Waals surface area contributed by atoms with Gasteiger partial charge in [-0.25, -0.2) is 8.42 Å². The SMILES string of the molecule is COc1cc(NC(=O)c2ccc(S(=O)(=O)N3CCOCC3)o2)c(OC)cc1Cl. The molecule has 0 saturated carbocycles. The number of ether oxygens (including phenoxy) is 3. The maximum atomic E-state index is 12.6. The van der Waals surface area contributed by atoms with Crippen LogP contribution < -0.4 is 14.8 Å². The molecule has 2 heterocycles. The van der Waals surface area contributed by atoms with E-state index in [1.165, 1.54) is 42.8 Å². The molecule has 0 aliphatic carbocycles. The maximum Gasteiger partial charge on any atom is 0.291 e. The van der Waals surface area contributed by atoms with E-state index in [0.717, 1.165) is 0 Å². The number of hydrogen-bond acceptors (Lipinski definition) is 7. The van der Waals surface area contributed by atoms with E-state index >= 15 is 0 Å². The molecule has 1 aromatic heterocycles. The molecule has 3 rings (SSSR count). The minimum atomic E-state index is -3.83. The van der Waals surface area contributed by atoms with E-state index in [-0.39, 0.29) is 23.9 Å². The van der Waals surface area contributed by atoms with E-state index in [4.69, 9.17) is 30.2 Å². The molecule has 28 heavy (non-hydrogen) atoms. The highest BCUT2D eigenvalue weighted by molar-refractivity contribution is 7.89. The van der Waals surface area contributed by atoms with Gasteiger partial charge in [-0.15, -0.1) is 0 Å². The summed E-state index contributed by atoms with van der Waals surface area (Å²) in [5.74, 6) is -0.159. The van der Waals surface area contributed by atoms with Crippen LogP contribution in [0.15, 0.2) is 33.8 Å². The minimum absolute atomic E-state index is 0.164. The molecular weight excluding hydrogens is 412 g/mol. The van der Waals surface area contributed by atoms with Crippen LogP contribution in [0.5, 0.6) is 11.5 Å². The summed E-state index contributed by atoms with van der Waals surface area (Å²) in [6.45, 7) is 1.08. The third kappa shape index (κ3) is 4.09. The van der Waals surface area contributed by atoms with Gasteiger partial charge in [0, 0.05) is 25.2 Å².